The van der Waals surface area contributed by atoms with Crippen LogP contribution in [0.1, 0.15) is 19.4 Å². The van der Waals surface area contributed by atoms with Gasteiger partial charge in [0.1, 0.15) is 0 Å². The summed E-state index contributed by atoms with van der Waals surface area (Å²) in [6, 6.07) is 6.59. The first kappa shape index (κ1) is 16.2. The highest BCUT2D eigenvalue weighted by atomic mass is 32.2. The van der Waals surface area contributed by atoms with Gasteiger partial charge in [0, 0.05) is 0 Å². The van der Waals surface area contributed by atoms with Crippen LogP contribution in [0.5, 0.6) is 0 Å². The fraction of sp³-hybridized carbons (Fsp3) is 0.400. The Morgan fingerprint density at radius 3 is 2.00 bits per heavy atom. The molecule has 0 fully saturated rings. The van der Waals surface area contributed by atoms with Crippen molar-refractivity contribution in [3.8, 4) is 0 Å². The molecule has 0 aliphatic heterocycles. The predicted octanol–water partition coefficient (Wildman–Crippen LogP) is 2.29. The first-order chi connectivity index (χ1) is 7.83. The van der Waals surface area contributed by atoms with Crippen molar-refractivity contribution in [3.05, 3.63) is 29.8 Å². The topological polar surface area (TPSA) is 80.7 Å². The van der Waals surface area contributed by atoms with E-state index in [9.17, 15) is 8.42 Å². The molecule has 0 unspecified atom stereocenters. The summed E-state index contributed by atoms with van der Waals surface area (Å²) in [5.41, 5.74) is 1.02. The maximum absolute atomic E-state index is 11.5. The molecule has 0 aliphatic carbocycles. The third kappa shape index (κ3) is 6.48. The quantitative estimate of drug-likeness (QED) is 0.677. The molecule has 0 aliphatic rings. The zero-order valence-corrected chi connectivity index (χ0v) is 11.5. The average molecular weight is 278 g/mol. The smallest absolute Gasteiger partial charge is 0.310 e. The highest BCUT2D eigenvalue weighted by Gasteiger charge is 2.16. The van der Waals surface area contributed by atoms with E-state index in [1.807, 2.05) is 6.92 Å². The van der Waals surface area contributed by atoms with Crippen LogP contribution < -0.4 is 0 Å². The molecule has 0 heterocycles. The maximum Gasteiger partial charge on any atom is 0.324 e. The van der Waals surface area contributed by atoms with Crippen LogP contribution in [0.25, 0.3) is 0 Å². The molecule has 1 rings (SSSR count). The lowest BCUT2D eigenvalue weighted by molar-refractivity contribution is 0.249. The average Bonchev–Trinajstić information content (AvgIpc) is 2.17. The molecular formula is C10H15O5PS. The van der Waals surface area contributed by atoms with Gasteiger partial charge in [0.25, 0.3) is 10.1 Å². The molecule has 0 saturated heterocycles. The molecule has 0 bridgehead atoms. The Balaban J connectivity index is 0.000000770. The van der Waals surface area contributed by atoms with Crippen LogP contribution in [0.3, 0.4) is 0 Å². The first-order valence-electron chi connectivity index (χ1n) is 4.80. The molecule has 7 heteroatoms. The molecule has 96 valence electrons. The fourth-order valence-corrected chi connectivity index (χ4v) is 2.10. The summed E-state index contributed by atoms with van der Waals surface area (Å²) in [4.78, 5) is 7.19. The van der Waals surface area contributed by atoms with Crippen molar-refractivity contribution in [2.45, 2.75) is 31.8 Å². The van der Waals surface area contributed by atoms with Gasteiger partial charge in [-0.2, -0.15) is 8.42 Å². The molecule has 0 radical (unpaired) electrons. The number of aryl methyl sites for hydroxylation is 1. The molecule has 1 aromatic rings. The molecule has 0 spiro atoms. The maximum atomic E-state index is 11.5. The summed E-state index contributed by atoms with van der Waals surface area (Å²) in [5.74, 6) is 0. The standard InChI is InChI=1S/C10H14O3S.HO2P/c1-8(2)13-14(11,12)10-6-4-9(3)5-7-10;1-3-2/h4-8H,1-3H3;(H,1,2). The Morgan fingerprint density at radius 2 is 1.65 bits per heavy atom. The Kier molecular flexibility index (Phi) is 7.15. The minimum absolute atomic E-state index is 0.205. The highest BCUT2D eigenvalue weighted by molar-refractivity contribution is 7.86. The first-order valence-corrected chi connectivity index (χ1v) is 6.97. The highest BCUT2D eigenvalue weighted by Crippen LogP contribution is 2.14. The molecule has 1 aromatic carbocycles. The van der Waals surface area contributed by atoms with Gasteiger partial charge < -0.3 is 4.89 Å². The summed E-state index contributed by atoms with van der Waals surface area (Å²) < 4.78 is 36.4. The summed E-state index contributed by atoms with van der Waals surface area (Å²) in [5, 5.41) is 0. The summed E-state index contributed by atoms with van der Waals surface area (Å²) in [7, 11) is -4.41. The molecule has 0 saturated carbocycles. The Hall–Kier alpha value is -0.810. The summed E-state index contributed by atoms with van der Waals surface area (Å²) in [6.07, 6.45) is -0.332. The van der Waals surface area contributed by atoms with Gasteiger partial charge >= 0.3 is 8.69 Å². The van der Waals surface area contributed by atoms with Gasteiger partial charge in [-0.15, -0.1) is 0 Å². The van der Waals surface area contributed by atoms with E-state index in [0.717, 1.165) is 5.56 Å². The second-order valence-electron chi connectivity index (χ2n) is 3.49. The van der Waals surface area contributed by atoms with Gasteiger partial charge in [0.2, 0.25) is 0 Å². The summed E-state index contributed by atoms with van der Waals surface area (Å²) in [6.45, 7) is 5.27. The molecule has 0 aromatic heterocycles. The molecule has 1 N–H and O–H groups in total. The normalized spacial score (nSPS) is 11.1. The number of hydrogen-bond acceptors (Lipinski definition) is 4. The van der Waals surface area contributed by atoms with E-state index in [2.05, 4.69) is 0 Å². The zero-order valence-electron chi connectivity index (χ0n) is 9.82. The number of hydrogen-bond donors (Lipinski definition) is 1. The van der Waals surface area contributed by atoms with E-state index >= 15 is 0 Å². The Labute approximate surface area is 103 Å². The molecule has 17 heavy (non-hydrogen) atoms. The van der Waals surface area contributed by atoms with Gasteiger partial charge in [-0.1, -0.05) is 17.7 Å². The van der Waals surface area contributed by atoms with E-state index in [0.29, 0.717) is 0 Å². The third-order valence-corrected chi connectivity index (χ3v) is 3.12. The summed E-state index contributed by atoms with van der Waals surface area (Å²) >= 11 is 0. The van der Waals surface area contributed by atoms with Gasteiger partial charge in [0.15, 0.2) is 0 Å². The predicted molar refractivity (Wildman–Crippen MR) is 64.4 cm³/mol. The van der Waals surface area contributed by atoms with Crippen LogP contribution in [0.4, 0.5) is 0 Å². The lowest BCUT2D eigenvalue weighted by Crippen LogP contribution is -2.12. The van der Waals surface area contributed by atoms with Crippen molar-refractivity contribution in [2.75, 3.05) is 0 Å². The Morgan fingerprint density at radius 1 is 1.24 bits per heavy atom. The fourth-order valence-electron chi connectivity index (χ4n) is 1.01. The molecule has 0 atom stereocenters. The molecule has 0 amide bonds. The van der Waals surface area contributed by atoms with Crippen LogP contribution >= 0.6 is 8.69 Å². The van der Waals surface area contributed by atoms with Gasteiger partial charge in [-0.05, 0) is 32.9 Å². The minimum atomic E-state index is -3.58. The number of rotatable bonds is 3. The van der Waals surface area contributed by atoms with E-state index in [1.165, 1.54) is 0 Å². The lowest BCUT2D eigenvalue weighted by atomic mass is 10.2. The van der Waals surface area contributed by atoms with Crippen LogP contribution in [-0.2, 0) is 18.9 Å². The van der Waals surface area contributed by atoms with Crippen LogP contribution in [0.15, 0.2) is 29.2 Å². The van der Waals surface area contributed by atoms with Crippen molar-refractivity contribution in [2.24, 2.45) is 0 Å². The van der Waals surface area contributed by atoms with Crippen LogP contribution in [0.2, 0.25) is 0 Å². The van der Waals surface area contributed by atoms with Crippen molar-refractivity contribution >= 4 is 18.8 Å². The second-order valence-corrected chi connectivity index (χ2v) is 5.23. The van der Waals surface area contributed by atoms with Gasteiger partial charge in [-0.3, -0.25) is 4.18 Å². The van der Waals surface area contributed by atoms with Crippen molar-refractivity contribution < 1.29 is 22.1 Å². The number of benzene rings is 1. The minimum Gasteiger partial charge on any atom is -0.310 e. The lowest BCUT2D eigenvalue weighted by Gasteiger charge is -2.08. The van der Waals surface area contributed by atoms with Crippen molar-refractivity contribution in [3.63, 3.8) is 0 Å². The van der Waals surface area contributed by atoms with E-state index in [-0.39, 0.29) is 11.0 Å². The van der Waals surface area contributed by atoms with Gasteiger partial charge in [-0.25, -0.2) is 4.57 Å². The van der Waals surface area contributed by atoms with E-state index < -0.39 is 18.8 Å². The molecular weight excluding hydrogens is 263 g/mol. The van der Waals surface area contributed by atoms with E-state index in [1.54, 1.807) is 38.1 Å². The monoisotopic (exact) mass is 278 g/mol. The third-order valence-electron chi connectivity index (χ3n) is 1.63. The SMILES string of the molecule is Cc1ccc(S(=O)(=O)OC(C)C)cc1.O=PO. The van der Waals surface area contributed by atoms with Crippen LogP contribution in [0, 0.1) is 6.92 Å². The van der Waals surface area contributed by atoms with Crippen molar-refractivity contribution in [1.29, 1.82) is 0 Å². The second kappa shape index (κ2) is 7.50. The van der Waals surface area contributed by atoms with Gasteiger partial charge in [0.05, 0.1) is 11.0 Å². The molecule has 5 nitrogen and oxygen atoms in total. The van der Waals surface area contributed by atoms with Crippen molar-refractivity contribution in [1.82, 2.24) is 0 Å². The van der Waals surface area contributed by atoms with Crippen LogP contribution in [-0.4, -0.2) is 19.4 Å². The largest absolute Gasteiger partial charge is 0.324 e. The van der Waals surface area contributed by atoms with E-state index in [4.69, 9.17) is 13.6 Å². The zero-order chi connectivity index (χ0) is 13.5. The Bertz CT molecular complexity index is 438.